The number of ketones is 1. The molecule has 43 heavy (non-hydrogen) atoms. The van der Waals surface area contributed by atoms with Gasteiger partial charge in [-0.15, -0.1) is 0 Å². The van der Waals surface area contributed by atoms with Gasteiger partial charge < -0.3 is 38.5 Å². The molecule has 1 N–H and O–H groups in total. The van der Waals surface area contributed by atoms with Crippen molar-refractivity contribution in [3.05, 3.63) is 70.9 Å². The fourth-order valence-electron chi connectivity index (χ4n) is 3.99. The Hall–Kier alpha value is -4.91. The minimum absolute atomic E-state index is 0.195. The summed E-state index contributed by atoms with van der Waals surface area (Å²) in [4.78, 5) is 17.4. The number of pyridine rings is 1. The lowest BCUT2D eigenvalue weighted by atomic mass is 10.1. The van der Waals surface area contributed by atoms with Crippen LogP contribution < -0.4 is 38.5 Å². The predicted molar refractivity (Wildman–Crippen MR) is 162 cm³/mol. The second-order valence-corrected chi connectivity index (χ2v) is 10.5. The number of ether oxygens (including phenoxy) is 7. The molecule has 12 nitrogen and oxygen atoms in total. The average molecular weight is 615 g/mol. The number of allylic oxidation sites excluding steroid dienone is 1. The summed E-state index contributed by atoms with van der Waals surface area (Å²) >= 11 is 0. The summed E-state index contributed by atoms with van der Waals surface area (Å²) in [5.74, 6) is 1.96. The number of sulfone groups is 1. The molecule has 0 spiro atoms. The third-order valence-electron chi connectivity index (χ3n) is 6.10. The van der Waals surface area contributed by atoms with Crippen LogP contribution in [0.4, 0.5) is 5.82 Å². The van der Waals surface area contributed by atoms with Crippen molar-refractivity contribution in [3.63, 3.8) is 0 Å². The molecule has 1 heterocycles. The quantitative estimate of drug-likeness (QED) is 0.190. The third kappa shape index (κ3) is 8.10. The molecular formula is C30H34N2O10S. The molecular weight excluding hydrogens is 580 g/mol. The second kappa shape index (κ2) is 14.8. The van der Waals surface area contributed by atoms with Gasteiger partial charge in [0.25, 0.3) is 0 Å². The smallest absolute Gasteiger partial charge is 0.194 e. The third-order valence-corrected chi connectivity index (χ3v) is 7.35. The van der Waals surface area contributed by atoms with Crippen molar-refractivity contribution in [2.45, 2.75) is 5.75 Å². The number of methoxy groups -OCH3 is 7. The Balaban J connectivity index is 1.83. The van der Waals surface area contributed by atoms with Crippen LogP contribution in [0.15, 0.2) is 54.1 Å². The van der Waals surface area contributed by atoms with Crippen LogP contribution in [0, 0.1) is 0 Å². The molecule has 3 rings (SSSR count). The summed E-state index contributed by atoms with van der Waals surface area (Å²) in [6.07, 6.45) is 4.01. The van der Waals surface area contributed by atoms with Crippen LogP contribution in [0.3, 0.4) is 0 Å². The molecule has 0 aliphatic heterocycles. The van der Waals surface area contributed by atoms with Gasteiger partial charge >= 0.3 is 0 Å². The number of carbonyl (C=O) groups excluding carboxylic acids is 1. The maximum absolute atomic E-state index is 13.0. The van der Waals surface area contributed by atoms with Gasteiger partial charge in [0.1, 0.15) is 40.1 Å². The van der Waals surface area contributed by atoms with E-state index < -0.39 is 21.4 Å². The van der Waals surface area contributed by atoms with Gasteiger partial charge in [-0.05, 0) is 18.2 Å². The number of nitrogens with zero attached hydrogens (tertiary/aromatic N) is 1. The van der Waals surface area contributed by atoms with Crippen molar-refractivity contribution in [1.29, 1.82) is 0 Å². The van der Waals surface area contributed by atoms with Gasteiger partial charge in [-0.2, -0.15) is 0 Å². The van der Waals surface area contributed by atoms with Crippen molar-refractivity contribution in [2.24, 2.45) is 0 Å². The van der Waals surface area contributed by atoms with Crippen LogP contribution in [0.25, 0.3) is 6.08 Å². The highest BCUT2D eigenvalue weighted by atomic mass is 32.2. The molecule has 0 fully saturated rings. The van der Waals surface area contributed by atoms with E-state index in [-0.39, 0.29) is 28.6 Å². The molecule has 0 amide bonds. The zero-order valence-corrected chi connectivity index (χ0v) is 25.7. The predicted octanol–water partition coefficient (Wildman–Crippen LogP) is 4.54. The highest BCUT2D eigenvalue weighted by molar-refractivity contribution is 7.93. The van der Waals surface area contributed by atoms with E-state index in [4.69, 9.17) is 33.2 Å². The van der Waals surface area contributed by atoms with Gasteiger partial charge in [0, 0.05) is 41.9 Å². The molecule has 0 atom stereocenters. The van der Waals surface area contributed by atoms with Gasteiger partial charge in [-0.3, -0.25) is 4.79 Å². The Labute approximate surface area is 250 Å². The summed E-state index contributed by atoms with van der Waals surface area (Å²) in [7, 11) is 6.43. The fourth-order valence-corrected chi connectivity index (χ4v) is 5.00. The van der Waals surface area contributed by atoms with Gasteiger partial charge in [0.15, 0.2) is 27.2 Å². The summed E-state index contributed by atoms with van der Waals surface area (Å²) in [5, 5.41) is 3.95. The number of carbonyl (C=O) groups is 1. The van der Waals surface area contributed by atoms with Crippen LogP contribution in [-0.4, -0.2) is 69.0 Å². The highest BCUT2D eigenvalue weighted by Gasteiger charge is 2.19. The topological polar surface area (TPSA) is 141 Å². The van der Waals surface area contributed by atoms with Crippen molar-refractivity contribution >= 4 is 27.5 Å². The first kappa shape index (κ1) is 32.6. The molecule has 3 aromatic rings. The van der Waals surface area contributed by atoms with Crippen LogP contribution in [0.1, 0.15) is 21.6 Å². The molecule has 0 bridgehead atoms. The molecule has 0 aliphatic rings. The largest absolute Gasteiger partial charge is 0.496 e. The van der Waals surface area contributed by atoms with Crippen molar-refractivity contribution in [2.75, 3.05) is 55.1 Å². The van der Waals surface area contributed by atoms with Crippen molar-refractivity contribution in [1.82, 2.24) is 4.98 Å². The number of rotatable bonds is 15. The number of aromatic nitrogens is 1. The molecule has 0 unspecified atom stereocenters. The first-order valence-electron chi connectivity index (χ1n) is 12.7. The van der Waals surface area contributed by atoms with Crippen LogP contribution in [0.5, 0.6) is 40.2 Å². The van der Waals surface area contributed by atoms with E-state index >= 15 is 0 Å². The first-order valence-corrected chi connectivity index (χ1v) is 14.4. The summed E-state index contributed by atoms with van der Waals surface area (Å²) < 4.78 is 63.3. The van der Waals surface area contributed by atoms with E-state index in [2.05, 4.69) is 10.3 Å². The Morgan fingerprint density at radius 3 is 1.74 bits per heavy atom. The normalized spacial score (nSPS) is 11.3. The van der Waals surface area contributed by atoms with E-state index in [1.165, 1.54) is 74.2 Å². The van der Waals surface area contributed by atoms with Crippen molar-refractivity contribution < 1.29 is 46.4 Å². The molecule has 0 saturated carbocycles. The monoisotopic (exact) mass is 614 g/mol. The minimum atomic E-state index is -3.79. The first-order chi connectivity index (χ1) is 20.6. The zero-order valence-electron chi connectivity index (χ0n) is 24.9. The van der Waals surface area contributed by atoms with Gasteiger partial charge in [-0.1, -0.05) is 0 Å². The summed E-state index contributed by atoms with van der Waals surface area (Å²) in [5.41, 5.74) is 0.861. The molecule has 0 radical (unpaired) electrons. The lowest BCUT2D eigenvalue weighted by molar-refractivity contribution is 0.104. The molecule has 0 aliphatic carbocycles. The summed E-state index contributed by atoms with van der Waals surface area (Å²) in [6.45, 7) is 0. The van der Waals surface area contributed by atoms with E-state index in [9.17, 15) is 13.2 Å². The maximum atomic E-state index is 13.0. The Morgan fingerprint density at radius 1 is 0.744 bits per heavy atom. The number of benzene rings is 2. The Kier molecular flexibility index (Phi) is 11.2. The fraction of sp³-hybridized carbons (Fsp3) is 0.267. The zero-order chi connectivity index (χ0) is 31.6. The standard InChI is InChI=1S/C30H34N2O10S/c1-36-20-14-25(39-4)22(26(15-20)40-5)11-13-43(34,35)18-19-8-9-24(38-3)30(32-19)31-12-10-23(33)29-27(41-6)16-21(37-2)17-28(29)42-7/h8-17H,18H2,1-7H3,(H,31,32)/b12-10+,13-11+. The second-order valence-electron chi connectivity index (χ2n) is 8.66. The minimum Gasteiger partial charge on any atom is -0.496 e. The SMILES string of the molecule is COc1cc(OC)c(/C=C/S(=O)(=O)Cc2ccc(OC)c(N/C=C/C(=O)c3c(OC)cc(OC)cc3OC)n2)c(OC)c1. The number of anilines is 1. The Bertz CT molecular complexity index is 1570. The van der Waals surface area contributed by atoms with E-state index in [1.807, 2.05) is 0 Å². The Morgan fingerprint density at radius 2 is 1.26 bits per heavy atom. The number of hydrogen-bond donors (Lipinski definition) is 1. The van der Waals surface area contributed by atoms with Crippen molar-refractivity contribution in [3.8, 4) is 40.2 Å². The maximum Gasteiger partial charge on any atom is 0.194 e. The lowest BCUT2D eigenvalue weighted by Crippen LogP contribution is -2.06. The summed E-state index contributed by atoms with van der Waals surface area (Å²) in [6, 6.07) is 9.49. The highest BCUT2D eigenvalue weighted by Crippen LogP contribution is 2.36. The van der Waals surface area contributed by atoms with Gasteiger partial charge in [0.2, 0.25) is 0 Å². The number of hydrogen-bond acceptors (Lipinski definition) is 12. The van der Waals surface area contributed by atoms with E-state index in [1.54, 1.807) is 30.3 Å². The van der Waals surface area contributed by atoms with Gasteiger partial charge in [-0.25, -0.2) is 13.4 Å². The molecule has 230 valence electrons. The average Bonchev–Trinajstić information content (AvgIpc) is 3.02. The molecule has 2 aromatic carbocycles. The molecule has 13 heteroatoms. The van der Waals surface area contributed by atoms with Crippen LogP contribution >= 0.6 is 0 Å². The number of nitrogens with one attached hydrogen (secondary N) is 1. The van der Waals surface area contributed by atoms with E-state index in [0.717, 1.165) is 5.41 Å². The van der Waals surface area contributed by atoms with Crippen LogP contribution in [0.2, 0.25) is 0 Å². The van der Waals surface area contributed by atoms with Gasteiger partial charge in [0.05, 0.1) is 66.8 Å². The lowest BCUT2D eigenvalue weighted by Gasteiger charge is -2.13. The molecule has 0 saturated heterocycles. The molecule has 1 aromatic heterocycles. The van der Waals surface area contributed by atoms with E-state index in [0.29, 0.717) is 34.3 Å². The van der Waals surface area contributed by atoms with Crippen LogP contribution in [-0.2, 0) is 15.6 Å².